The molecule has 27 heavy (non-hydrogen) atoms. The molecule has 0 amide bonds. The van der Waals surface area contributed by atoms with Gasteiger partial charge in [0.15, 0.2) is 12.0 Å². The zero-order chi connectivity index (χ0) is 19.6. The number of Topliss-reactive ketones (excluding diaryl/α,β-unsaturated/α-hetero) is 1. The van der Waals surface area contributed by atoms with Crippen molar-refractivity contribution < 1.29 is 18.7 Å². The van der Waals surface area contributed by atoms with Crippen molar-refractivity contribution in [2.45, 2.75) is 20.4 Å². The number of esters is 1. The SMILES string of the molecule is C=CCn1c(C)cc(C(=O)COC(=O)c2cc(=O)c3ccccc3o2)c1C. The molecule has 3 aromatic rings. The molecule has 0 aliphatic carbocycles. The van der Waals surface area contributed by atoms with E-state index >= 15 is 0 Å². The van der Waals surface area contributed by atoms with Crippen LogP contribution in [0.15, 0.2) is 58.3 Å². The van der Waals surface area contributed by atoms with Gasteiger partial charge in [0.05, 0.1) is 5.39 Å². The number of para-hydroxylation sites is 1. The number of carbonyl (C=O) groups excluding carboxylic acids is 2. The lowest BCUT2D eigenvalue weighted by Crippen LogP contribution is -2.16. The van der Waals surface area contributed by atoms with Crippen LogP contribution in [0.25, 0.3) is 11.0 Å². The summed E-state index contributed by atoms with van der Waals surface area (Å²) in [7, 11) is 0. The Morgan fingerprint density at radius 2 is 1.96 bits per heavy atom. The number of carbonyl (C=O) groups is 2. The highest BCUT2D eigenvalue weighted by molar-refractivity contribution is 6.00. The Bertz CT molecular complexity index is 1100. The highest BCUT2D eigenvalue weighted by atomic mass is 16.5. The van der Waals surface area contributed by atoms with Gasteiger partial charge >= 0.3 is 5.97 Å². The summed E-state index contributed by atoms with van der Waals surface area (Å²) >= 11 is 0. The molecule has 0 saturated carbocycles. The first-order valence-corrected chi connectivity index (χ1v) is 8.43. The number of ketones is 1. The first-order valence-electron chi connectivity index (χ1n) is 8.43. The molecule has 0 unspecified atom stereocenters. The predicted molar refractivity (Wildman–Crippen MR) is 101 cm³/mol. The molecule has 0 atom stereocenters. The van der Waals surface area contributed by atoms with Gasteiger partial charge < -0.3 is 13.7 Å². The molecule has 6 heteroatoms. The number of ether oxygens (including phenoxy) is 1. The highest BCUT2D eigenvalue weighted by Crippen LogP contribution is 2.17. The molecule has 0 aliphatic rings. The molecule has 0 radical (unpaired) electrons. The molecule has 0 saturated heterocycles. The normalized spacial score (nSPS) is 10.7. The quantitative estimate of drug-likeness (QED) is 0.380. The average Bonchev–Trinajstić information content (AvgIpc) is 2.94. The van der Waals surface area contributed by atoms with Crippen molar-refractivity contribution >= 4 is 22.7 Å². The van der Waals surface area contributed by atoms with Crippen LogP contribution in [0, 0.1) is 13.8 Å². The molecule has 0 N–H and O–H groups in total. The van der Waals surface area contributed by atoms with Crippen LogP contribution in [-0.2, 0) is 11.3 Å². The monoisotopic (exact) mass is 365 g/mol. The predicted octanol–water partition coefficient (Wildman–Crippen LogP) is 3.44. The third-order valence-corrected chi connectivity index (χ3v) is 4.36. The number of aromatic nitrogens is 1. The molecule has 0 bridgehead atoms. The van der Waals surface area contributed by atoms with E-state index in [0.29, 0.717) is 17.5 Å². The van der Waals surface area contributed by atoms with E-state index in [-0.39, 0.29) is 22.6 Å². The van der Waals surface area contributed by atoms with Crippen molar-refractivity contribution in [1.82, 2.24) is 4.57 Å². The molecule has 3 rings (SSSR count). The number of aryl methyl sites for hydroxylation is 1. The largest absolute Gasteiger partial charge is 0.451 e. The summed E-state index contributed by atoms with van der Waals surface area (Å²) < 4.78 is 12.4. The minimum Gasteiger partial charge on any atom is -0.451 e. The Kier molecular flexibility index (Phi) is 5.07. The minimum absolute atomic E-state index is 0.233. The zero-order valence-corrected chi connectivity index (χ0v) is 15.2. The van der Waals surface area contributed by atoms with Crippen LogP contribution in [0.5, 0.6) is 0 Å². The van der Waals surface area contributed by atoms with Gasteiger partial charge in [0.2, 0.25) is 11.5 Å². The first-order chi connectivity index (χ1) is 12.9. The van der Waals surface area contributed by atoms with E-state index in [4.69, 9.17) is 9.15 Å². The summed E-state index contributed by atoms with van der Waals surface area (Å²) in [5.41, 5.74) is 2.13. The maximum absolute atomic E-state index is 12.4. The van der Waals surface area contributed by atoms with Crippen LogP contribution in [0.1, 0.15) is 32.3 Å². The molecule has 2 aromatic heterocycles. The van der Waals surface area contributed by atoms with E-state index in [9.17, 15) is 14.4 Å². The first kappa shape index (κ1) is 18.4. The van der Waals surface area contributed by atoms with E-state index in [1.165, 1.54) is 0 Å². The molecule has 1 aromatic carbocycles. The van der Waals surface area contributed by atoms with E-state index < -0.39 is 12.6 Å². The topological polar surface area (TPSA) is 78.5 Å². The Hall–Kier alpha value is -3.41. The lowest BCUT2D eigenvalue weighted by Gasteiger charge is -2.07. The van der Waals surface area contributed by atoms with Crippen LogP contribution >= 0.6 is 0 Å². The summed E-state index contributed by atoms with van der Waals surface area (Å²) in [6.07, 6.45) is 1.75. The zero-order valence-electron chi connectivity index (χ0n) is 15.2. The average molecular weight is 365 g/mol. The summed E-state index contributed by atoms with van der Waals surface area (Å²) in [5, 5.41) is 0.375. The Labute approximate surface area is 155 Å². The highest BCUT2D eigenvalue weighted by Gasteiger charge is 2.19. The molecular formula is C21H19NO5. The lowest BCUT2D eigenvalue weighted by molar-refractivity contribution is 0.0444. The number of hydrogen-bond donors (Lipinski definition) is 0. The number of nitrogens with zero attached hydrogens (tertiary/aromatic N) is 1. The second-order valence-electron chi connectivity index (χ2n) is 6.15. The van der Waals surface area contributed by atoms with Crippen molar-refractivity contribution in [3.05, 3.63) is 82.0 Å². The molecule has 0 aliphatic heterocycles. The van der Waals surface area contributed by atoms with E-state index in [2.05, 4.69) is 6.58 Å². The van der Waals surface area contributed by atoms with Crippen LogP contribution < -0.4 is 5.43 Å². The molecule has 0 spiro atoms. The second kappa shape index (κ2) is 7.45. The van der Waals surface area contributed by atoms with Crippen molar-refractivity contribution in [2.24, 2.45) is 0 Å². The molecule has 0 fully saturated rings. The molecular weight excluding hydrogens is 346 g/mol. The summed E-state index contributed by atoms with van der Waals surface area (Å²) in [5.74, 6) is -1.41. The standard InChI is InChI=1S/C21H19NO5/c1-4-9-22-13(2)10-16(14(22)3)18(24)12-26-21(25)20-11-17(23)15-7-5-6-8-19(15)27-20/h4-8,10-11H,1,9,12H2,2-3H3. The fourth-order valence-electron chi connectivity index (χ4n) is 2.98. The van der Waals surface area contributed by atoms with E-state index in [0.717, 1.165) is 17.5 Å². The van der Waals surface area contributed by atoms with Gasteiger partial charge in [-0.3, -0.25) is 9.59 Å². The summed E-state index contributed by atoms with van der Waals surface area (Å²) in [4.78, 5) is 36.7. The van der Waals surface area contributed by atoms with Crippen LogP contribution in [0.3, 0.4) is 0 Å². The van der Waals surface area contributed by atoms with Crippen LogP contribution in [0.4, 0.5) is 0 Å². The van der Waals surface area contributed by atoms with Gasteiger partial charge in [-0.05, 0) is 32.0 Å². The Morgan fingerprint density at radius 1 is 1.22 bits per heavy atom. The van der Waals surface area contributed by atoms with Gasteiger partial charge in [-0.2, -0.15) is 0 Å². The van der Waals surface area contributed by atoms with Gasteiger partial charge in [-0.25, -0.2) is 4.79 Å². The third kappa shape index (κ3) is 3.60. The van der Waals surface area contributed by atoms with Gasteiger partial charge in [0.1, 0.15) is 5.58 Å². The fourth-order valence-corrected chi connectivity index (χ4v) is 2.98. The van der Waals surface area contributed by atoms with Crippen molar-refractivity contribution in [2.75, 3.05) is 6.61 Å². The van der Waals surface area contributed by atoms with Gasteiger partial charge in [0.25, 0.3) is 0 Å². The number of rotatable bonds is 6. The van der Waals surface area contributed by atoms with Gasteiger partial charge in [-0.15, -0.1) is 6.58 Å². The smallest absolute Gasteiger partial charge is 0.374 e. The van der Waals surface area contributed by atoms with Crippen LogP contribution in [0.2, 0.25) is 0 Å². The number of allylic oxidation sites excluding steroid dienone is 1. The molecule has 6 nitrogen and oxygen atoms in total. The van der Waals surface area contributed by atoms with Gasteiger partial charge in [-0.1, -0.05) is 18.2 Å². The fraction of sp³-hybridized carbons (Fsp3) is 0.190. The van der Waals surface area contributed by atoms with Crippen molar-refractivity contribution in [1.29, 1.82) is 0 Å². The van der Waals surface area contributed by atoms with E-state index in [1.807, 2.05) is 18.4 Å². The lowest BCUT2D eigenvalue weighted by atomic mass is 10.1. The maximum atomic E-state index is 12.4. The van der Waals surface area contributed by atoms with E-state index in [1.54, 1.807) is 36.4 Å². The number of benzene rings is 1. The second-order valence-corrected chi connectivity index (χ2v) is 6.15. The Morgan fingerprint density at radius 3 is 2.70 bits per heavy atom. The summed E-state index contributed by atoms with van der Waals surface area (Å²) in [6.45, 7) is 7.58. The molecule has 138 valence electrons. The number of hydrogen-bond acceptors (Lipinski definition) is 5. The third-order valence-electron chi connectivity index (χ3n) is 4.36. The summed E-state index contributed by atoms with van der Waals surface area (Å²) in [6, 6.07) is 9.43. The maximum Gasteiger partial charge on any atom is 0.374 e. The minimum atomic E-state index is -0.855. The Balaban J connectivity index is 1.76. The van der Waals surface area contributed by atoms with Crippen LogP contribution in [-0.4, -0.2) is 22.9 Å². The van der Waals surface area contributed by atoms with Gasteiger partial charge in [0, 0.05) is 29.6 Å². The molecule has 2 heterocycles. The van der Waals surface area contributed by atoms with Crippen molar-refractivity contribution in [3.63, 3.8) is 0 Å². The number of fused-ring (bicyclic) bond motifs is 1. The van der Waals surface area contributed by atoms with Crippen molar-refractivity contribution in [3.8, 4) is 0 Å².